The topological polar surface area (TPSA) is 102 Å². The van der Waals surface area contributed by atoms with Gasteiger partial charge in [-0.1, -0.05) is 164 Å². The van der Waals surface area contributed by atoms with Gasteiger partial charge < -0.3 is 28.6 Å². The van der Waals surface area contributed by atoms with Gasteiger partial charge in [0.1, 0.15) is 12.6 Å². The summed E-state index contributed by atoms with van der Waals surface area (Å²) in [6.45, 7) is 4.48. The number of esters is 2. The predicted octanol–water partition coefficient (Wildman–Crippen LogP) is 11.2. The smallest absolute Gasteiger partial charge is 0.306 e. The van der Waals surface area contributed by atoms with E-state index in [-0.39, 0.29) is 42.7 Å². The minimum atomic E-state index is -1.13. The second-order valence-corrected chi connectivity index (χ2v) is 16.3. The zero-order chi connectivity index (χ0) is 42.1. The van der Waals surface area contributed by atoms with Gasteiger partial charge in [-0.05, 0) is 57.8 Å². The Labute approximate surface area is 349 Å². The Bertz CT molecular complexity index is 1120. The van der Waals surface area contributed by atoms with Crippen LogP contribution in [0.4, 0.5) is 0 Å². The largest absolute Gasteiger partial charge is 0.544 e. The van der Waals surface area contributed by atoms with Crippen LogP contribution in [-0.4, -0.2) is 75.5 Å². The van der Waals surface area contributed by atoms with Crippen molar-refractivity contribution in [3.63, 3.8) is 0 Å². The number of carboxylic acids is 1. The van der Waals surface area contributed by atoms with Crippen molar-refractivity contribution < 1.29 is 38.2 Å². The Morgan fingerprint density at radius 3 is 1.46 bits per heavy atom. The van der Waals surface area contributed by atoms with E-state index in [4.69, 9.17) is 14.2 Å². The summed E-state index contributed by atoms with van der Waals surface area (Å²) in [5, 5.41) is 11.6. The van der Waals surface area contributed by atoms with E-state index in [0.717, 1.165) is 64.2 Å². The summed E-state index contributed by atoms with van der Waals surface area (Å²) in [6.07, 6.45) is 48.1. The predicted molar refractivity (Wildman–Crippen MR) is 236 cm³/mol. The lowest BCUT2D eigenvalue weighted by molar-refractivity contribution is -0.889. The lowest BCUT2D eigenvalue weighted by Gasteiger charge is -2.34. The van der Waals surface area contributed by atoms with Gasteiger partial charge in [0.05, 0.1) is 40.3 Å². The number of hydrogen-bond acceptors (Lipinski definition) is 7. The van der Waals surface area contributed by atoms with E-state index in [1.54, 1.807) is 21.1 Å². The summed E-state index contributed by atoms with van der Waals surface area (Å²) in [7, 11) is 5.40. The molecule has 0 aliphatic carbocycles. The molecule has 0 aliphatic rings. The molecule has 0 saturated carbocycles. The molecule has 8 nitrogen and oxygen atoms in total. The SMILES string of the molecule is CC/C=C/C=C/C=C/CCCCCCCC(=O)OCC(COCCC(C(=O)[O-])[N+](C)(C)C)OC(=O)CCCCCCCCCCCC/C=C/C=C/CCCCCC. The van der Waals surface area contributed by atoms with E-state index < -0.39 is 18.1 Å². The van der Waals surface area contributed by atoms with Gasteiger partial charge in [0, 0.05) is 19.3 Å². The van der Waals surface area contributed by atoms with E-state index in [0.29, 0.717) is 12.8 Å². The standard InChI is InChI=1S/C49H85NO7/c1-6-8-10-12-14-16-18-20-21-22-23-24-25-26-28-30-32-34-36-38-40-48(52)57-45(43-55-42-41-46(49(53)54)50(3,4)5)44-56-47(51)39-37-35-33-31-29-27-19-17-15-13-11-9-7-2/h9,11,13,15-21,45-46H,6-8,10,12,14,22-44H2,1-5H3/b11-9+,15-13+,18-16+,19-17+,21-20+. The second-order valence-electron chi connectivity index (χ2n) is 16.3. The van der Waals surface area contributed by atoms with E-state index in [1.165, 1.54) is 83.5 Å². The number of unbranched alkanes of at least 4 members (excludes halogenated alkanes) is 19. The molecule has 57 heavy (non-hydrogen) atoms. The zero-order valence-corrected chi connectivity index (χ0v) is 37.2. The first kappa shape index (κ1) is 54.0. The Morgan fingerprint density at radius 1 is 0.544 bits per heavy atom. The first-order valence-corrected chi connectivity index (χ1v) is 22.9. The molecule has 0 rings (SSSR count). The van der Waals surface area contributed by atoms with Gasteiger partial charge in [-0.2, -0.15) is 0 Å². The van der Waals surface area contributed by atoms with Crippen molar-refractivity contribution in [2.45, 2.75) is 193 Å². The van der Waals surface area contributed by atoms with E-state index in [1.807, 2.05) is 6.08 Å². The molecule has 2 atom stereocenters. The molecular formula is C49H85NO7. The van der Waals surface area contributed by atoms with Gasteiger partial charge >= 0.3 is 11.9 Å². The molecule has 0 aromatic carbocycles. The quantitative estimate of drug-likeness (QED) is 0.0263. The highest BCUT2D eigenvalue weighted by Crippen LogP contribution is 2.14. The minimum Gasteiger partial charge on any atom is -0.544 e. The maximum atomic E-state index is 12.7. The molecule has 0 aromatic rings. The molecule has 0 radical (unpaired) electrons. The Balaban J connectivity index is 4.32. The molecule has 0 spiro atoms. The van der Waals surface area contributed by atoms with E-state index in [9.17, 15) is 19.5 Å². The fourth-order valence-electron chi connectivity index (χ4n) is 6.41. The maximum absolute atomic E-state index is 12.7. The molecule has 8 heteroatoms. The van der Waals surface area contributed by atoms with Crippen LogP contribution in [0.3, 0.4) is 0 Å². The van der Waals surface area contributed by atoms with E-state index in [2.05, 4.69) is 68.5 Å². The zero-order valence-electron chi connectivity index (χ0n) is 37.2. The average Bonchev–Trinajstić information content (AvgIpc) is 3.17. The lowest BCUT2D eigenvalue weighted by atomic mass is 10.1. The first-order valence-electron chi connectivity index (χ1n) is 22.9. The van der Waals surface area contributed by atoms with Crippen molar-refractivity contribution in [2.24, 2.45) is 0 Å². The number of quaternary nitrogens is 1. The van der Waals surface area contributed by atoms with Gasteiger partial charge in [0.25, 0.3) is 0 Å². The number of likely N-dealkylation sites (N-methyl/N-ethyl adjacent to an activating group) is 1. The molecule has 0 aromatic heterocycles. The van der Waals surface area contributed by atoms with Crippen LogP contribution in [0.25, 0.3) is 0 Å². The van der Waals surface area contributed by atoms with Crippen molar-refractivity contribution in [3.05, 3.63) is 60.8 Å². The van der Waals surface area contributed by atoms with Crippen molar-refractivity contribution in [1.82, 2.24) is 0 Å². The van der Waals surface area contributed by atoms with Crippen LogP contribution in [0.5, 0.6) is 0 Å². The van der Waals surface area contributed by atoms with Gasteiger partial charge in [-0.3, -0.25) is 9.59 Å². The molecule has 0 amide bonds. The molecule has 0 fully saturated rings. The number of carboxylic acid groups (broad SMARTS) is 1. The van der Waals surface area contributed by atoms with Crippen LogP contribution in [0.1, 0.15) is 181 Å². The van der Waals surface area contributed by atoms with Crippen molar-refractivity contribution >= 4 is 17.9 Å². The number of ether oxygens (including phenoxy) is 3. The van der Waals surface area contributed by atoms with Crippen LogP contribution in [0.15, 0.2) is 60.8 Å². The summed E-state index contributed by atoms with van der Waals surface area (Å²) in [5.41, 5.74) is 0. The third-order valence-electron chi connectivity index (χ3n) is 9.98. The summed E-state index contributed by atoms with van der Waals surface area (Å²) in [4.78, 5) is 36.9. The van der Waals surface area contributed by atoms with Crippen LogP contribution in [-0.2, 0) is 28.6 Å². The number of aliphatic carboxylic acids is 1. The third kappa shape index (κ3) is 38.3. The molecule has 0 saturated heterocycles. The molecule has 0 heterocycles. The molecule has 2 unspecified atom stereocenters. The van der Waals surface area contributed by atoms with Crippen LogP contribution in [0, 0.1) is 0 Å². The van der Waals surface area contributed by atoms with Gasteiger partial charge in [0.15, 0.2) is 6.10 Å². The fourth-order valence-corrected chi connectivity index (χ4v) is 6.41. The molecule has 328 valence electrons. The third-order valence-corrected chi connectivity index (χ3v) is 9.98. The summed E-state index contributed by atoms with van der Waals surface area (Å²) in [6, 6.07) is -0.731. The Morgan fingerprint density at radius 2 is 0.982 bits per heavy atom. The summed E-state index contributed by atoms with van der Waals surface area (Å²) >= 11 is 0. The normalized spacial score (nSPS) is 13.5. The number of hydrogen-bond donors (Lipinski definition) is 0. The number of rotatable bonds is 40. The highest BCUT2D eigenvalue weighted by Gasteiger charge is 2.25. The first-order chi connectivity index (χ1) is 27.6. The van der Waals surface area contributed by atoms with Crippen molar-refractivity contribution in [3.8, 4) is 0 Å². The van der Waals surface area contributed by atoms with Gasteiger partial charge in [0.2, 0.25) is 0 Å². The number of allylic oxidation sites excluding steroid dienone is 10. The highest BCUT2D eigenvalue weighted by atomic mass is 16.6. The fraction of sp³-hybridized carbons (Fsp3) is 0.735. The Hall–Kier alpha value is -2.97. The lowest BCUT2D eigenvalue weighted by Crippen LogP contribution is -2.55. The average molecular weight is 800 g/mol. The highest BCUT2D eigenvalue weighted by molar-refractivity contribution is 5.70. The second kappa shape index (κ2) is 39.8. The maximum Gasteiger partial charge on any atom is 0.306 e. The van der Waals surface area contributed by atoms with Crippen LogP contribution < -0.4 is 5.11 Å². The van der Waals surface area contributed by atoms with Crippen LogP contribution >= 0.6 is 0 Å². The van der Waals surface area contributed by atoms with Crippen molar-refractivity contribution in [2.75, 3.05) is 41.0 Å². The van der Waals surface area contributed by atoms with Gasteiger partial charge in [-0.25, -0.2) is 0 Å². The summed E-state index contributed by atoms with van der Waals surface area (Å²) in [5.74, 6) is -1.77. The molecule has 0 bridgehead atoms. The molecular weight excluding hydrogens is 715 g/mol. The monoisotopic (exact) mass is 800 g/mol. The number of nitrogens with zero attached hydrogens (tertiary/aromatic N) is 1. The van der Waals surface area contributed by atoms with Crippen molar-refractivity contribution in [1.29, 1.82) is 0 Å². The molecule has 0 aliphatic heterocycles. The Kier molecular flexibility index (Phi) is 37.8. The number of carbonyl (C=O) groups excluding carboxylic acids is 3. The number of carbonyl (C=O) groups is 3. The molecule has 0 N–H and O–H groups in total. The minimum absolute atomic E-state index is 0.0307. The summed E-state index contributed by atoms with van der Waals surface area (Å²) < 4.78 is 17.2. The van der Waals surface area contributed by atoms with Gasteiger partial charge in [-0.15, -0.1) is 0 Å². The van der Waals surface area contributed by atoms with Crippen LogP contribution in [0.2, 0.25) is 0 Å². The van der Waals surface area contributed by atoms with E-state index >= 15 is 0 Å².